The Bertz CT molecular complexity index is 330. The number of hydrogen-bond acceptors (Lipinski definition) is 2. The highest BCUT2D eigenvalue weighted by atomic mass is 16.5. The lowest BCUT2D eigenvalue weighted by Crippen LogP contribution is -2.13. The van der Waals surface area contributed by atoms with Crippen LogP contribution in [0.2, 0.25) is 0 Å². The third kappa shape index (κ3) is 2.58. The van der Waals surface area contributed by atoms with Gasteiger partial charge in [-0.05, 0) is 25.0 Å². The van der Waals surface area contributed by atoms with Gasteiger partial charge in [-0.15, -0.1) is 0 Å². The van der Waals surface area contributed by atoms with Crippen molar-refractivity contribution in [3.63, 3.8) is 0 Å². The molecule has 72 valence electrons. The minimum absolute atomic E-state index is 0.504. The van der Waals surface area contributed by atoms with Crippen molar-refractivity contribution < 1.29 is 4.74 Å². The van der Waals surface area contributed by atoms with Crippen LogP contribution in [0.3, 0.4) is 0 Å². The van der Waals surface area contributed by atoms with E-state index in [4.69, 9.17) is 4.74 Å². The lowest BCUT2D eigenvalue weighted by Gasteiger charge is -2.16. The van der Waals surface area contributed by atoms with Crippen molar-refractivity contribution in [2.45, 2.75) is 12.8 Å². The average molecular weight is 187 g/mol. The van der Waals surface area contributed by atoms with E-state index in [1.807, 2.05) is 12.1 Å². The first-order valence-electron chi connectivity index (χ1n) is 4.94. The summed E-state index contributed by atoms with van der Waals surface area (Å²) in [6, 6.07) is 3.90. The van der Waals surface area contributed by atoms with Crippen LogP contribution in [0.4, 0.5) is 0 Å². The van der Waals surface area contributed by atoms with E-state index in [2.05, 4.69) is 16.8 Å². The minimum Gasteiger partial charge on any atom is -0.381 e. The maximum Gasteiger partial charge on any atom is 0.0477 e. The van der Waals surface area contributed by atoms with Crippen LogP contribution in [0.1, 0.15) is 18.4 Å². The highest BCUT2D eigenvalue weighted by molar-refractivity contribution is 5.31. The van der Waals surface area contributed by atoms with E-state index >= 15 is 0 Å². The summed E-state index contributed by atoms with van der Waals surface area (Å²) in [5, 5.41) is 0. The number of aromatic nitrogens is 1. The van der Waals surface area contributed by atoms with Gasteiger partial charge in [0.05, 0.1) is 0 Å². The topological polar surface area (TPSA) is 22.1 Å². The van der Waals surface area contributed by atoms with Crippen LogP contribution in [0.25, 0.3) is 0 Å². The van der Waals surface area contributed by atoms with Crippen LogP contribution in [-0.2, 0) is 4.74 Å². The molecule has 0 spiro atoms. The summed E-state index contributed by atoms with van der Waals surface area (Å²) >= 11 is 0. The molecule has 1 fully saturated rings. The summed E-state index contributed by atoms with van der Waals surface area (Å²) < 4.78 is 5.27. The van der Waals surface area contributed by atoms with E-state index in [0.29, 0.717) is 5.92 Å². The zero-order valence-corrected chi connectivity index (χ0v) is 8.07. The van der Waals surface area contributed by atoms with Crippen LogP contribution in [0, 0.1) is 17.8 Å². The molecule has 0 aromatic carbocycles. The number of pyridine rings is 1. The maximum absolute atomic E-state index is 5.27. The third-order valence-electron chi connectivity index (χ3n) is 2.30. The largest absolute Gasteiger partial charge is 0.381 e. The molecule has 0 bridgehead atoms. The molecule has 2 heterocycles. The Balaban J connectivity index is 1.99. The molecule has 0 radical (unpaired) electrons. The standard InChI is InChI=1S/C12H13NO/c1-2-12(10-13-7-1)4-3-11-5-8-14-9-6-11/h1-2,7,10-11H,5-6,8-9H2. The van der Waals surface area contributed by atoms with Gasteiger partial charge in [-0.1, -0.05) is 11.8 Å². The second kappa shape index (κ2) is 4.78. The van der Waals surface area contributed by atoms with Gasteiger partial charge in [0.2, 0.25) is 0 Å². The molecule has 1 aromatic rings. The monoisotopic (exact) mass is 187 g/mol. The smallest absolute Gasteiger partial charge is 0.0477 e. The minimum atomic E-state index is 0.504. The molecule has 2 nitrogen and oxygen atoms in total. The molecule has 1 saturated heterocycles. The molecule has 0 N–H and O–H groups in total. The molecule has 0 unspecified atom stereocenters. The van der Waals surface area contributed by atoms with E-state index < -0.39 is 0 Å². The fourth-order valence-electron chi connectivity index (χ4n) is 1.46. The molecule has 1 aliphatic heterocycles. The Hall–Kier alpha value is -1.33. The van der Waals surface area contributed by atoms with Crippen LogP contribution < -0.4 is 0 Å². The number of hydrogen-bond donors (Lipinski definition) is 0. The normalized spacial score (nSPS) is 17.1. The molecule has 14 heavy (non-hydrogen) atoms. The van der Waals surface area contributed by atoms with E-state index in [0.717, 1.165) is 31.6 Å². The molecule has 0 amide bonds. The van der Waals surface area contributed by atoms with Crippen molar-refractivity contribution in [3.05, 3.63) is 30.1 Å². The second-order valence-corrected chi connectivity index (χ2v) is 3.40. The second-order valence-electron chi connectivity index (χ2n) is 3.40. The molecule has 0 atom stereocenters. The molecule has 2 rings (SSSR count). The van der Waals surface area contributed by atoms with Gasteiger partial charge in [0.25, 0.3) is 0 Å². The summed E-state index contributed by atoms with van der Waals surface area (Å²) in [5.74, 6) is 6.92. The molecule has 1 aromatic heterocycles. The average Bonchev–Trinajstić information content (AvgIpc) is 2.29. The molecular formula is C12H13NO. The number of ether oxygens (including phenoxy) is 1. The number of rotatable bonds is 0. The van der Waals surface area contributed by atoms with Crippen molar-refractivity contribution in [1.82, 2.24) is 4.98 Å². The lowest BCUT2D eigenvalue weighted by atomic mass is 10.0. The van der Waals surface area contributed by atoms with Crippen molar-refractivity contribution in [1.29, 1.82) is 0 Å². The van der Waals surface area contributed by atoms with Gasteiger partial charge in [-0.2, -0.15) is 0 Å². The van der Waals surface area contributed by atoms with Crippen molar-refractivity contribution >= 4 is 0 Å². The Kier molecular flexibility index (Phi) is 3.15. The maximum atomic E-state index is 5.27. The highest BCUT2D eigenvalue weighted by Crippen LogP contribution is 2.13. The molecular weight excluding hydrogens is 174 g/mol. The van der Waals surface area contributed by atoms with E-state index in [9.17, 15) is 0 Å². The van der Waals surface area contributed by atoms with Crippen molar-refractivity contribution in [2.75, 3.05) is 13.2 Å². The summed E-state index contributed by atoms with van der Waals surface area (Å²) in [5.41, 5.74) is 0.999. The first-order chi connectivity index (χ1) is 6.95. The van der Waals surface area contributed by atoms with Gasteiger partial charge in [-0.3, -0.25) is 4.98 Å². The molecule has 0 aliphatic carbocycles. The van der Waals surface area contributed by atoms with Crippen molar-refractivity contribution in [2.24, 2.45) is 5.92 Å². The van der Waals surface area contributed by atoms with E-state index in [1.165, 1.54) is 0 Å². The van der Waals surface area contributed by atoms with E-state index in [-0.39, 0.29) is 0 Å². The third-order valence-corrected chi connectivity index (χ3v) is 2.30. The Morgan fingerprint density at radius 3 is 2.93 bits per heavy atom. The first kappa shape index (κ1) is 9.23. The summed E-state index contributed by atoms with van der Waals surface area (Å²) in [4.78, 5) is 4.02. The fraction of sp³-hybridized carbons (Fsp3) is 0.417. The zero-order valence-electron chi connectivity index (χ0n) is 8.07. The van der Waals surface area contributed by atoms with Crippen LogP contribution in [0.15, 0.2) is 24.5 Å². The number of nitrogens with zero attached hydrogens (tertiary/aromatic N) is 1. The quantitative estimate of drug-likeness (QED) is 0.578. The summed E-state index contributed by atoms with van der Waals surface area (Å²) in [6.45, 7) is 1.71. The van der Waals surface area contributed by atoms with Gasteiger partial charge >= 0.3 is 0 Å². The van der Waals surface area contributed by atoms with Crippen molar-refractivity contribution in [3.8, 4) is 11.8 Å². The Morgan fingerprint density at radius 1 is 1.36 bits per heavy atom. The Morgan fingerprint density at radius 2 is 2.21 bits per heavy atom. The predicted octanol–water partition coefficient (Wildman–Crippen LogP) is 1.86. The molecule has 1 aliphatic rings. The predicted molar refractivity (Wildman–Crippen MR) is 54.7 cm³/mol. The fourth-order valence-corrected chi connectivity index (χ4v) is 1.46. The van der Waals surface area contributed by atoms with Crippen LogP contribution in [0.5, 0.6) is 0 Å². The van der Waals surface area contributed by atoms with Gasteiger partial charge in [-0.25, -0.2) is 0 Å². The zero-order chi connectivity index (χ0) is 9.64. The van der Waals surface area contributed by atoms with E-state index in [1.54, 1.807) is 12.4 Å². The highest BCUT2D eigenvalue weighted by Gasteiger charge is 2.09. The Labute approximate surface area is 84.3 Å². The summed E-state index contributed by atoms with van der Waals surface area (Å²) in [6.07, 6.45) is 5.69. The van der Waals surface area contributed by atoms with Crippen LogP contribution >= 0.6 is 0 Å². The van der Waals surface area contributed by atoms with Gasteiger partial charge < -0.3 is 4.74 Å². The van der Waals surface area contributed by atoms with Gasteiger partial charge in [0.1, 0.15) is 0 Å². The lowest BCUT2D eigenvalue weighted by molar-refractivity contribution is 0.0807. The van der Waals surface area contributed by atoms with Crippen LogP contribution in [-0.4, -0.2) is 18.2 Å². The first-order valence-corrected chi connectivity index (χ1v) is 4.94. The SMILES string of the molecule is C(#CC1CCOCC1)c1cccnc1. The molecule has 0 saturated carbocycles. The van der Waals surface area contributed by atoms with Gasteiger partial charge in [0, 0.05) is 37.1 Å². The summed E-state index contributed by atoms with van der Waals surface area (Å²) in [7, 11) is 0. The molecule has 2 heteroatoms. The van der Waals surface area contributed by atoms with Gasteiger partial charge in [0.15, 0.2) is 0 Å².